The van der Waals surface area contributed by atoms with Gasteiger partial charge >= 0.3 is 0 Å². The molecular formula is C15H18O4. The Bertz CT molecular complexity index is 424. The molecular weight excluding hydrogens is 244 g/mol. The largest absolute Gasteiger partial charge is 0.393 e. The average molecular weight is 262 g/mol. The fourth-order valence-corrected chi connectivity index (χ4v) is 2.02. The molecule has 3 atom stereocenters. The van der Waals surface area contributed by atoms with E-state index in [4.69, 9.17) is 15.9 Å². The fourth-order valence-electron chi connectivity index (χ4n) is 2.02. The lowest BCUT2D eigenvalue weighted by atomic mass is 10.1. The minimum atomic E-state index is -0.941. The van der Waals surface area contributed by atoms with Gasteiger partial charge in [0.15, 0.2) is 12.6 Å². The molecule has 0 radical (unpaired) electrons. The molecule has 1 fully saturated rings. The Morgan fingerprint density at radius 2 is 2.00 bits per heavy atom. The third-order valence-electron chi connectivity index (χ3n) is 3.06. The molecule has 102 valence electrons. The van der Waals surface area contributed by atoms with Crippen molar-refractivity contribution < 1.29 is 19.7 Å². The second-order valence-corrected chi connectivity index (χ2v) is 4.61. The second-order valence-electron chi connectivity index (χ2n) is 4.61. The molecule has 0 bridgehead atoms. The van der Waals surface area contributed by atoms with E-state index in [1.54, 1.807) is 0 Å². The van der Waals surface area contributed by atoms with Crippen molar-refractivity contribution in [1.29, 1.82) is 0 Å². The summed E-state index contributed by atoms with van der Waals surface area (Å²) in [7, 11) is 0. The quantitative estimate of drug-likeness (QED) is 0.796. The number of ether oxygens (including phenoxy) is 2. The molecule has 19 heavy (non-hydrogen) atoms. The Balaban J connectivity index is 1.75. The summed E-state index contributed by atoms with van der Waals surface area (Å²) in [4.78, 5) is 0. The standard InChI is InChI=1S/C15H18O4/c1-2-11-3-5-12(6-4-11)7-8-18-15-10-13(16)9-14(17)19-15/h1,3-6,13-17H,7-10H2. The van der Waals surface area contributed by atoms with Crippen LogP contribution >= 0.6 is 0 Å². The zero-order chi connectivity index (χ0) is 13.7. The zero-order valence-corrected chi connectivity index (χ0v) is 10.7. The molecule has 1 heterocycles. The molecule has 4 nitrogen and oxygen atoms in total. The van der Waals surface area contributed by atoms with Crippen molar-refractivity contribution in [2.75, 3.05) is 6.61 Å². The Morgan fingerprint density at radius 1 is 1.26 bits per heavy atom. The van der Waals surface area contributed by atoms with Gasteiger partial charge in [-0.2, -0.15) is 0 Å². The summed E-state index contributed by atoms with van der Waals surface area (Å²) >= 11 is 0. The van der Waals surface area contributed by atoms with Crippen LogP contribution in [-0.4, -0.2) is 35.5 Å². The maximum atomic E-state index is 9.49. The van der Waals surface area contributed by atoms with E-state index < -0.39 is 18.7 Å². The third kappa shape index (κ3) is 4.34. The molecule has 1 aliphatic heterocycles. The predicted molar refractivity (Wildman–Crippen MR) is 70.2 cm³/mol. The summed E-state index contributed by atoms with van der Waals surface area (Å²) in [5, 5.41) is 18.8. The highest BCUT2D eigenvalue weighted by Gasteiger charge is 2.27. The molecule has 0 aromatic heterocycles. The van der Waals surface area contributed by atoms with E-state index in [9.17, 15) is 10.2 Å². The van der Waals surface area contributed by atoms with Gasteiger partial charge in [-0.3, -0.25) is 0 Å². The van der Waals surface area contributed by atoms with Crippen LogP contribution in [0.5, 0.6) is 0 Å². The highest BCUT2D eigenvalue weighted by atomic mass is 16.7. The topological polar surface area (TPSA) is 58.9 Å². The lowest BCUT2D eigenvalue weighted by molar-refractivity contribution is -0.268. The average Bonchev–Trinajstić information content (AvgIpc) is 2.38. The van der Waals surface area contributed by atoms with Gasteiger partial charge in [-0.05, 0) is 24.1 Å². The molecule has 0 amide bonds. The molecule has 1 aliphatic rings. The number of aliphatic hydroxyl groups is 2. The SMILES string of the molecule is C#Cc1ccc(CCOC2CC(O)CC(O)O2)cc1. The Kier molecular flexibility index (Phi) is 4.94. The number of terminal acetylenes is 1. The zero-order valence-electron chi connectivity index (χ0n) is 10.7. The minimum absolute atomic E-state index is 0.243. The van der Waals surface area contributed by atoms with E-state index in [2.05, 4.69) is 5.92 Å². The van der Waals surface area contributed by atoms with E-state index in [0.29, 0.717) is 13.0 Å². The highest BCUT2D eigenvalue weighted by molar-refractivity contribution is 5.34. The van der Waals surface area contributed by atoms with Gasteiger partial charge in [0.05, 0.1) is 12.7 Å². The normalized spacial score (nSPS) is 26.9. The van der Waals surface area contributed by atoms with Crippen molar-refractivity contribution in [1.82, 2.24) is 0 Å². The minimum Gasteiger partial charge on any atom is -0.393 e. The Labute approximate surface area is 113 Å². The fraction of sp³-hybridized carbons (Fsp3) is 0.467. The first-order valence-electron chi connectivity index (χ1n) is 6.36. The Morgan fingerprint density at radius 3 is 2.63 bits per heavy atom. The third-order valence-corrected chi connectivity index (χ3v) is 3.06. The molecule has 1 aromatic carbocycles. The van der Waals surface area contributed by atoms with Crippen LogP contribution in [0.1, 0.15) is 24.0 Å². The maximum absolute atomic E-state index is 9.49. The summed E-state index contributed by atoms with van der Waals surface area (Å²) < 4.78 is 10.7. The maximum Gasteiger partial charge on any atom is 0.163 e. The summed E-state index contributed by atoms with van der Waals surface area (Å²) in [6.07, 6.45) is 4.61. The molecule has 4 heteroatoms. The van der Waals surface area contributed by atoms with E-state index in [1.165, 1.54) is 0 Å². The molecule has 0 saturated carbocycles. The van der Waals surface area contributed by atoms with Gasteiger partial charge in [0.1, 0.15) is 0 Å². The predicted octanol–water partition coefficient (Wildman–Crippen LogP) is 1.04. The summed E-state index contributed by atoms with van der Waals surface area (Å²) in [5.74, 6) is 2.56. The lowest BCUT2D eigenvalue weighted by Gasteiger charge is -2.30. The molecule has 3 unspecified atom stereocenters. The van der Waals surface area contributed by atoms with Crippen molar-refractivity contribution in [3.8, 4) is 12.3 Å². The van der Waals surface area contributed by atoms with Crippen molar-refractivity contribution in [2.24, 2.45) is 0 Å². The van der Waals surface area contributed by atoms with Gasteiger partial charge in [0, 0.05) is 18.4 Å². The summed E-state index contributed by atoms with van der Waals surface area (Å²) in [6, 6.07) is 7.70. The van der Waals surface area contributed by atoms with Crippen LogP contribution in [0.3, 0.4) is 0 Å². The highest BCUT2D eigenvalue weighted by Crippen LogP contribution is 2.19. The van der Waals surface area contributed by atoms with Gasteiger partial charge in [0.2, 0.25) is 0 Å². The number of benzene rings is 1. The first kappa shape index (κ1) is 14.0. The van der Waals surface area contributed by atoms with Gasteiger partial charge in [0.25, 0.3) is 0 Å². The molecule has 1 saturated heterocycles. The van der Waals surface area contributed by atoms with E-state index in [1.807, 2.05) is 24.3 Å². The molecule has 2 rings (SSSR count). The van der Waals surface area contributed by atoms with Crippen LogP contribution in [0, 0.1) is 12.3 Å². The summed E-state index contributed by atoms with van der Waals surface area (Å²) in [6.45, 7) is 0.472. The van der Waals surface area contributed by atoms with Crippen molar-refractivity contribution in [2.45, 2.75) is 37.9 Å². The number of hydrogen-bond donors (Lipinski definition) is 2. The van der Waals surface area contributed by atoms with E-state index >= 15 is 0 Å². The number of aliphatic hydroxyl groups excluding tert-OH is 2. The molecule has 2 N–H and O–H groups in total. The van der Waals surface area contributed by atoms with Crippen LogP contribution < -0.4 is 0 Å². The number of rotatable bonds is 4. The van der Waals surface area contributed by atoms with Crippen LogP contribution in [0.4, 0.5) is 0 Å². The van der Waals surface area contributed by atoms with Crippen molar-refractivity contribution in [3.05, 3.63) is 35.4 Å². The first-order valence-corrected chi connectivity index (χ1v) is 6.36. The van der Waals surface area contributed by atoms with Gasteiger partial charge < -0.3 is 19.7 Å². The summed E-state index contributed by atoms with van der Waals surface area (Å²) in [5.41, 5.74) is 1.97. The van der Waals surface area contributed by atoms with Crippen LogP contribution in [0.15, 0.2) is 24.3 Å². The lowest BCUT2D eigenvalue weighted by Crippen LogP contribution is -2.37. The Hall–Kier alpha value is -1.38. The van der Waals surface area contributed by atoms with Gasteiger partial charge in [-0.25, -0.2) is 0 Å². The van der Waals surface area contributed by atoms with E-state index in [0.717, 1.165) is 17.5 Å². The van der Waals surface area contributed by atoms with Crippen molar-refractivity contribution in [3.63, 3.8) is 0 Å². The smallest absolute Gasteiger partial charge is 0.163 e. The van der Waals surface area contributed by atoms with Gasteiger partial charge in [-0.15, -0.1) is 6.42 Å². The molecule has 0 aliphatic carbocycles. The van der Waals surface area contributed by atoms with Gasteiger partial charge in [-0.1, -0.05) is 18.1 Å². The van der Waals surface area contributed by atoms with Crippen LogP contribution in [0.2, 0.25) is 0 Å². The van der Waals surface area contributed by atoms with Crippen LogP contribution in [0.25, 0.3) is 0 Å². The monoisotopic (exact) mass is 262 g/mol. The van der Waals surface area contributed by atoms with E-state index in [-0.39, 0.29) is 6.42 Å². The van der Waals surface area contributed by atoms with Crippen molar-refractivity contribution >= 4 is 0 Å². The van der Waals surface area contributed by atoms with Crippen LogP contribution in [-0.2, 0) is 15.9 Å². The molecule has 0 spiro atoms. The number of hydrogen-bond acceptors (Lipinski definition) is 4. The molecule has 1 aromatic rings. The first-order chi connectivity index (χ1) is 9.17. The second kappa shape index (κ2) is 6.69.